The molecule has 0 radical (unpaired) electrons. The van der Waals surface area contributed by atoms with E-state index in [2.05, 4.69) is 35.9 Å². The number of halogens is 1. The lowest BCUT2D eigenvalue weighted by Crippen LogP contribution is -1.95. The van der Waals surface area contributed by atoms with Crippen molar-refractivity contribution in [3.63, 3.8) is 0 Å². The maximum Gasteiger partial charge on any atom is 0.0713 e. The van der Waals surface area contributed by atoms with Gasteiger partial charge in [0.05, 0.1) is 5.52 Å². The molecule has 0 bridgehead atoms. The number of nitrogens with zero attached hydrogens (tertiary/aromatic N) is 2. The molecule has 0 atom stereocenters. The van der Waals surface area contributed by atoms with E-state index in [1.54, 1.807) is 0 Å². The summed E-state index contributed by atoms with van der Waals surface area (Å²) in [7, 11) is 0. The van der Waals surface area contributed by atoms with Crippen LogP contribution in [-0.4, -0.2) is 9.97 Å². The minimum Gasteiger partial charge on any atom is -0.265 e. The van der Waals surface area contributed by atoms with Gasteiger partial charge in [0.2, 0.25) is 0 Å². The summed E-state index contributed by atoms with van der Waals surface area (Å²) in [5, 5.41) is 1.90. The molecule has 0 unspecified atom stereocenters. The van der Waals surface area contributed by atoms with Crippen molar-refractivity contribution in [3.8, 4) is 22.3 Å². The Balaban J connectivity index is 2.09. The largest absolute Gasteiger partial charge is 0.265 e. The molecule has 3 heteroatoms. The number of hydrogen-bond acceptors (Lipinski definition) is 2. The highest BCUT2D eigenvalue weighted by Gasteiger charge is 2.15. The second-order valence-corrected chi connectivity index (χ2v) is 6.57. The monoisotopic (exact) mass is 344 g/mol. The Morgan fingerprint density at radius 2 is 1.60 bits per heavy atom. The second kappa shape index (κ2) is 6.30. The summed E-state index contributed by atoms with van der Waals surface area (Å²) in [6.07, 6.45) is 5.51. The van der Waals surface area contributed by atoms with E-state index in [1.807, 2.05) is 55.0 Å². The smallest absolute Gasteiger partial charge is 0.0713 e. The van der Waals surface area contributed by atoms with Crippen LogP contribution in [0.4, 0.5) is 0 Å². The van der Waals surface area contributed by atoms with Crippen molar-refractivity contribution in [2.45, 2.75) is 13.8 Å². The van der Waals surface area contributed by atoms with Gasteiger partial charge in [-0.3, -0.25) is 9.97 Å². The predicted molar refractivity (Wildman–Crippen MR) is 105 cm³/mol. The maximum absolute atomic E-state index is 6.47. The van der Waals surface area contributed by atoms with Crippen LogP contribution in [-0.2, 0) is 0 Å². The lowest BCUT2D eigenvalue weighted by molar-refractivity contribution is 1.31. The van der Waals surface area contributed by atoms with Crippen molar-refractivity contribution < 1.29 is 0 Å². The number of hydrogen-bond donors (Lipinski definition) is 0. The van der Waals surface area contributed by atoms with Gasteiger partial charge in [-0.05, 0) is 72.0 Å². The van der Waals surface area contributed by atoms with Crippen LogP contribution in [0.25, 0.3) is 33.2 Å². The van der Waals surface area contributed by atoms with E-state index >= 15 is 0 Å². The van der Waals surface area contributed by atoms with Crippen molar-refractivity contribution in [1.29, 1.82) is 0 Å². The van der Waals surface area contributed by atoms with Crippen LogP contribution in [0.2, 0.25) is 5.02 Å². The molecule has 2 heterocycles. The highest BCUT2D eigenvalue weighted by atomic mass is 35.5. The third-order valence-corrected chi connectivity index (χ3v) is 4.94. The summed E-state index contributed by atoms with van der Waals surface area (Å²) in [4.78, 5) is 8.74. The van der Waals surface area contributed by atoms with Crippen molar-refractivity contribution in [2.24, 2.45) is 0 Å². The summed E-state index contributed by atoms with van der Waals surface area (Å²) < 4.78 is 0. The zero-order valence-electron chi connectivity index (χ0n) is 14.1. The van der Waals surface area contributed by atoms with Gasteiger partial charge in [-0.2, -0.15) is 0 Å². The number of rotatable bonds is 2. The molecule has 4 rings (SSSR count). The van der Waals surface area contributed by atoms with Crippen LogP contribution in [0.3, 0.4) is 0 Å². The minimum atomic E-state index is 0.750. The highest BCUT2D eigenvalue weighted by molar-refractivity contribution is 6.33. The molecule has 0 saturated heterocycles. The Hall–Kier alpha value is -2.71. The van der Waals surface area contributed by atoms with E-state index in [4.69, 9.17) is 11.6 Å². The number of fused-ring (bicyclic) bond motifs is 1. The van der Waals surface area contributed by atoms with Crippen molar-refractivity contribution >= 4 is 22.5 Å². The number of aromatic nitrogens is 2. The first-order valence-corrected chi connectivity index (χ1v) is 8.59. The van der Waals surface area contributed by atoms with Crippen LogP contribution in [0, 0.1) is 13.8 Å². The van der Waals surface area contributed by atoms with E-state index in [0.29, 0.717) is 0 Å². The van der Waals surface area contributed by atoms with Crippen molar-refractivity contribution in [2.75, 3.05) is 0 Å². The van der Waals surface area contributed by atoms with E-state index in [0.717, 1.165) is 27.1 Å². The molecule has 0 amide bonds. The quantitative estimate of drug-likeness (QED) is 0.430. The fourth-order valence-electron chi connectivity index (χ4n) is 3.55. The summed E-state index contributed by atoms with van der Waals surface area (Å²) in [6.45, 7) is 4.29. The van der Waals surface area contributed by atoms with Gasteiger partial charge in [0.15, 0.2) is 0 Å². The van der Waals surface area contributed by atoms with E-state index in [1.165, 1.54) is 22.3 Å². The molecule has 2 nitrogen and oxygen atoms in total. The number of aryl methyl sites for hydroxylation is 2. The Bertz CT molecular complexity index is 1070. The van der Waals surface area contributed by atoms with Gasteiger partial charge in [0, 0.05) is 34.6 Å². The highest BCUT2D eigenvalue weighted by Crippen LogP contribution is 2.39. The van der Waals surface area contributed by atoms with Gasteiger partial charge in [-0.25, -0.2) is 0 Å². The molecule has 2 aromatic carbocycles. The average Bonchev–Trinajstić information content (AvgIpc) is 2.62. The average molecular weight is 345 g/mol. The zero-order chi connectivity index (χ0) is 17.4. The molecule has 0 fully saturated rings. The lowest BCUT2D eigenvalue weighted by atomic mass is 9.89. The number of pyridine rings is 2. The fraction of sp³-hybridized carbons (Fsp3) is 0.0909. The van der Waals surface area contributed by atoms with Crippen molar-refractivity contribution in [3.05, 3.63) is 83.3 Å². The van der Waals surface area contributed by atoms with Crippen molar-refractivity contribution in [1.82, 2.24) is 9.97 Å². The number of benzene rings is 2. The Labute approximate surface area is 152 Å². The molecule has 0 N–H and O–H groups in total. The molecular weight excluding hydrogens is 328 g/mol. The summed E-state index contributed by atoms with van der Waals surface area (Å²) in [6, 6.07) is 16.2. The molecule has 0 aliphatic heterocycles. The third-order valence-electron chi connectivity index (χ3n) is 4.61. The van der Waals surface area contributed by atoms with Gasteiger partial charge >= 0.3 is 0 Å². The first kappa shape index (κ1) is 15.8. The van der Waals surface area contributed by atoms with Gasteiger partial charge in [0.1, 0.15) is 0 Å². The van der Waals surface area contributed by atoms with E-state index in [9.17, 15) is 0 Å². The normalized spacial score (nSPS) is 11.0. The lowest BCUT2D eigenvalue weighted by Gasteiger charge is -2.16. The molecule has 122 valence electrons. The molecule has 0 aliphatic rings. The van der Waals surface area contributed by atoms with Gasteiger partial charge < -0.3 is 0 Å². The molecule has 25 heavy (non-hydrogen) atoms. The fourth-order valence-corrected chi connectivity index (χ4v) is 3.78. The third kappa shape index (κ3) is 2.69. The van der Waals surface area contributed by atoms with Crippen LogP contribution in [0.5, 0.6) is 0 Å². The molecule has 0 saturated carbocycles. The first-order valence-electron chi connectivity index (χ1n) is 8.21. The topological polar surface area (TPSA) is 25.8 Å². The van der Waals surface area contributed by atoms with Crippen LogP contribution in [0.15, 0.2) is 67.1 Å². The van der Waals surface area contributed by atoms with E-state index < -0.39 is 0 Å². The molecule has 2 aromatic heterocycles. The molecular formula is C22H17ClN2. The molecule has 0 aliphatic carbocycles. The standard InChI is InChI=1S/C22H17ClN2/c1-14-13-20-22(15(2)21(14)16-7-10-24-11-8-16)18(9-12-25-20)17-5-3-4-6-19(17)23/h3-13H,1-2H3. The van der Waals surface area contributed by atoms with Gasteiger partial charge in [-0.1, -0.05) is 29.8 Å². The Morgan fingerprint density at radius 1 is 0.840 bits per heavy atom. The minimum absolute atomic E-state index is 0.750. The van der Waals surface area contributed by atoms with Crippen LogP contribution in [0.1, 0.15) is 11.1 Å². The van der Waals surface area contributed by atoms with Gasteiger partial charge in [0.25, 0.3) is 0 Å². The first-order chi connectivity index (χ1) is 12.2. The SMILES string of the molecule is Cc1cc2nccc(-c3ccccc3Cl)c2c(C)c1-c1ccncc1. The van der Waals surface area contributed by atoms with E-state index in [-0.39, 0.29) is 0 Å². The summed E-state index contributed by atoms with van der Waals surface area (Å²) >= 11 is 6.47. The molecule has 4 aromatic rings. The predicted octanol–water partition coefficient (Wildman–Crippen LogP) is 6.23. The maximum atomic E-state index is 6.47. The Morgan fingerprint density at radius 3 is 2.36 bits per heavy atom. The van der Waals surface area contributed by atoms with Gasteiger partial charge in [-0.15, -0.1) is 0 Å². The summed E-state index contributed by atoms with van der Waals surface area (Å²) in [5.74, 6) is 0. The molecule has 0 spiro atoms. The van der Waals surface area contributed by atoms with Crippen LogP contribution < -0.4 is 0 Å². The Kier molecular flexibility index (Phi) is 3.98. The van der Waals surface area contributed by atoms with Crippen LogP contribution >= 0.6 is 11.6 Å². The second-order valence-electron chi connectivity index (χ2n) is 6.16. The zero-order valence-corrected chi connectivity index (χ0v) is 14.9. The summed E-state index contributed by atoms with van der Waals surface area (Å²) in [5.41, 5.74) is 7.96.